The van der Waals surface area contributed by atoms with Crippen LogP contribution < -0.4 is 4.74 Å². The first-order valence-corrected chi connectivity index (χ1v) is 6.57. The van der Waals surface area contributed by atoms with E-state index in [1.807, 2.05) is 35.1 Å². The van der Waals surface area contributed by atoms with E-state index in [1.54, 1.807) is 13.3 Å². The van der Waals surface area contributed by atoms with E-state index in [-0.39, 0.29) is 0 Å². The molecule has 1 heterocycles. The van der Waals surface area contributed by atoms with Crippen LogP contribution in [0.5, 0.6) is 5.75 Å². The fourth-order valence-electron chi connectivity index (χ4n) is 2.26. The zero-order chi connectivity index (χ0) is 13.8. The van der Waals surface area contributed by atoms with E-state index in [9.17, 15) is 0 Å². The van der Waals surface area contributed by atoms with Crippen LogP contribution in [-0.4, -0.2) is 16.9 Å². The molecule has 0 saturated heterocycles. The Labute approximate surface area is 118 Å². The number of methoxy groups -OCH3 is 1. The Hall–Kier alpha value is -2.55. The number of ether oxygens (including phenoxy) is 1. The minimum absolute atomic E-state index is 0.875. The topological polar surface area (TPSA) is 27.1 Å². The number of nitrogens with zero attached hydrogens (tertiary/aromatic N) is 2. The second kappa shape index (κ2) is 5.61. The molecule has 0 fully saturated rings. The second-order valence-corrected chi connectivity index (χ2v) is 4.60. The first kappa shape index (κ1) is 12.5. The summed E-state index contributed by atoms with van der Waals surface area (Å²) in [5.41, 5.74) is 3.63. The molecular formula is C17H16N2O. The number of benzene rings is 2. The van der Waals surface area contributed by atoms with Crippen molar-refractivity contribution in [2.45, 2.75) is 6.42 Å². The van der Waals surface area contributed by atoms with Gasteiger partial charge in [0, 0.05) is 12.4 Å². The normalized spacial score (nSPS) is 10.4. The summed E-state index contributed by atoms with van der Waals surface area (Å²) >= 11 is 0. The molecule has 3 heteroatoms. The van der Waals surface area contributed by atoms with Gasteiger partial charge in [0.2, 0.25) is 0 Å². The van der Waals surface area contributed by atoms with Crippen molar-refractivity contribution in [2.75, 3.05) is 7.11 Å². The van der Waals surface area contributed by atoms with Crippen molar-refractivity contribution in [3.05, 3.63) is 78.1 Å². The summed E-state index contributed by atoms with van der Waals surface area (Å²) in [6.45, 7) is 0. The lowest BCUT2D eigenvalue weighted by Gasteiger charge is -2.10. The molecule has 3 aromatic rings. The van der Waals surface area contributed by atoms with Crippen LogP contribution in [0.2, 0.25) is 0 Å². The molecule has 3 rings (SSSR count). The molecule has 0 N–H and O–H groups in total. The zero-order valence-electron chi connectivity index (χ0n) is 11.4. The molecule has 0 aliphatic heterocycles. The van der Waals surface area contributed by atoms with Gasteiger partial charge in [-0.05, 0) is 41.8 Å². The third kappa shape index (κ3) is 2.57. The standard InChI is InChI=1S/C17H16N2O/c1-20-16-9-7-14(8-10-16)13-15-5-2-3-6-17(15)19-12-4-11-18-19/h2-12H,13H2,1H3. The van der Waals surface area contributed by atoms with Gasteiger partial charge in [0.05, 0.1) is 12.8 Å². The van der Waals surface area contributed by atoms with E-state index >= 15 is 0 Å². The molecule has 0 radical (unpaired) electrons. The van der Waals surface area contributed by atoms with Crippen molar-refractivity contribution >= 4 is 0 Å². The Morgan fingerprint density at radius 1 is 1.00 bits per heavy atom. The van der Waals surface area contributed by atoms with Crippen LogP contribution in [-0.2, 0) is 6.42 Å². The van der Waals surface area contributed by atoms with E-state index in [1.165, 1.54) is 11.1 Å². The molecule has 0 amide bonds. The fourth-order valence-corrected chi connectivity index (χ4v) is 2.26. The first-order valence-electron chi connectivity index (χ1n) is 6.57. The highest BCUT2D eigenvalue weighted by molar-refractivity contribution is 5.43. The lowest BCUT2D eigenvalue weighted by atomic mass is 10.0. The van der Waals surface area contributed by atoms with Crippen molar-refractivity contribution in [3.63, 3.8) is 0 Å². The Kier molecular flexibility index (Phi) is 3.50. The minimum atomic E-state index is 0.875. The van der Waals surface area contributed by atoms with Gasteiger partial charge in [0.1, 0.15) is 5.75 Å². The molecule has 100 valence electrons. The molecule has 2 aromatic carbocycles. The van der Waals surface area contributed by atoms with Crippen molar-refractivity contribution in [1.29, 1.82) is 0 Å². The van der Waals surface area contributed by atoms with Gasteiger partial charge in [0.25, 0.3) is 0 Å². The van der Waals surface area contributed by atoms with Crippen LogP contribution in [0, 0.1) is 0 Å². The molecule has 0 saturated carbocycles. The Balaban J connectivity index is 1.90. The summed E-state index contributed by atoms with van der Waals surface area (Å²) in [6, 6.07) is 18.4. The fraction of sp³-hybridized carbons (Fsp3) is 0.118. The molecule has 20 heavy (non-hydrogen) atoms. The summed E-state index contributed by atoms with van der Waals surface area (Å²) in [7, 11) is 1.68. The number of hydrogen-bond acceptors (Lipinski definition) is 2. The molecule has 1 aromatic heterocycles. The molecule has 0 spiro atoms. The molecular weight excluding hydrogens is 248 g/mol. The highest BCUT2D eigenvalue weighted by atomic mass is 16.5. The Morgan fingerprint density at radius 2 is 1.80 bits per heavy atom. The van der Waals surface area contributed by atoms with Crippen LogP contribution in [0.15, 0.2) is 67.0 Å². The average molecular weight is 264 g/mol. The summed E-state index contributed by atoms with van der Waals surface area (Å²) in [6.07, 6.45) is 4.64. The zero-order valence-corrected chi connectivity index (χ0v) is 11.4. The number of hydrogen-bond donors (Lipinski definition) is 0. The third-order valence-corrected chi connectivity index (χ3v) is 3.30. The quantitative estimate of drug-likeness (QED) is 0.721. The van der Waals surface area contributed by atoms with Gasteiger partial charge in [-0.1, -0.05) is 30.3 Å². The molecule has 0 atom stereocenters. The SMILES string of the molecule is COc1ccc(Cc2ccccc2-n2cccn2)cc1. The molecule has 0 aliphatic carbocycles. The van der Waals surface area contributed by atoms with Gasteiger partial charge < -0.3 is 4.74 Å². The molecule has 0 bridgehead atoms. The maximum Gasteiger partial charge on any atom is 0.118 e. The van der Waals surface area contributed by atoms with Gasteiger partial charge in [-0.2, -0.15) is 5.10 Å². The lowest BCUT2D eigenvalue weighted by Crippen LogP contribution is -2.00. The first-order chi connectivity index (χ1) is 9.86. The largest absolute Gasteiger partial charge is 0.497 e. The molecule has 3 nitrogen and oxygen atoms in total. The maximum atomic E-state index is 5.19. The smallest absolute Gasteiger partial charge is 0.118 e. The summed E-state index contributed by atoms with van der Waals surface area (Å²) in [4.78, 5) is 0. The van der Waals surface area contributed by atoms with E-state index in [0.717, 1.165) is 17.9 Å². The highest BCUT2D eigenvalue weighted by Gasteiger charge is 2.05. The van der Waals surface area contributed by atoms with Gasteiger partial charge in [-0.3, -0.25) is 0 Å². The van der Waals surface area contributed by atoms with Gasteiger partial charge in [-0.15, -0.1) is 0 Å². The van der Waals surface area contributed by atoms with Crippen LogP contribution in [0.4, 0.5) is 0 Å². The van der Waals surface area contributed by atoms with Crippen molar-refractivity contribution in [3.8, 4) is 11.4 Å². The van der Waals surface area contributed by atoms with Crippen molar-refractivity contribution in [1.82, 2.24) is 9.78 Å². The minimum Gasteiger partial charge on any atom is -0.497 e. The summed E-state index contributed by atoms with van der Waals surface area (Å²) < 4.78 is 7.09. The predicted molar refractivity (Wildman–Crippen MR) is 79.4 cm³/mol. The van der Waals surface area contributed by atoms with Crippen molar-refractivity contribution in [2.24, 2.45) is 0 Å². The number of para-hydroxylation sites is 1. The predicted octanol–water partition coefficient (Wildman–Crippen LogP) is 3.47. The van der Waals surface area contributed by atoms with E-state index < -0.39 is 0 Å². The Morgan fingerprint density at radius 3 is 2.50 bits per heavy atom. The van der Waals surface area contributed by atoms with Gasteiger partial charge >= 0.3 is 0 Å². The van der Waals surface area contributed by atoms with E-state index in [4.69, 9.17) is 4.74 Å². The van der Waals surface area contributed by atoms with Gasteiger partial charge in [0.15, 0.2) is 0 Å². The summed E-state index contributed by atoms with van der Waals surface area (Å²) in [5.74, 6) is 0.883. The van der Waals surface area contributed by atoms with Gasteiger partial charge in [-0.25, -0.2) is 4.68 Å². The second-order valence-electron chi connectivity index (χ2n) is 4.60. The van der Waals surface area contributed by atoms with E-state index in [2.05, 4.69) is 35.4 Å². The maximum absolute atomic E-state index is 5.19. The molecule has 0 unspecified atom stereocenters. The number of rotatable bonds is 4. The molecule has 0 aliphatic rings. The summed E-state index contributed by atoms with van der Waals surface area (Å²) in [5, 5.41) is 4.31. The van der Waals surface area contributed by atoms with Crippen molar-refractivity contribution < 1.29 is 4.74 Å². The van der Waals surface area contributed by atoms with Crippen LogP contribution in [0.1, 0.15) is 11.1 Å². The van der Waals surface area contributed by atoms with Crippen LogP contribution in [0.3, 0.4) is 0 Å². The average Bonchev–Trinajstić information content (AvgIpc) is 3.03. The van der Waals surface area contributed by atoms with Crippen LogP contribution >= 0.6 is 0 Å². The number of aromatic nitrogens is 2. The lowest BCUT2D eigenvalue weighted by molar-refractivity contribution is 0.414. The Bertz CT molecular complexity index is 672. The van der Waals surface area contributed by atoms with E-state index in [0.29, 0.717) is 0 Å². The van der Waals surface area contributed by atoms with Crippen LogP contribution in [0.25, 0.3) is 5.69 Å². The monoisotopic (exact) mass is 264 g/mol. The highest BCUT2D eigenvalue weighted by Crippen LogP contribution is 2.19. The third-order valence-electron chi connectivity index (χ3n) is 3.30.